The Kier molecular flexibility index (Phi) is 3.60. The van der Waals surface area contributed by atoms with Gasteiger partial charge < -0.3 is 15.9 Å². The Morgan fingerprint density at radius 2 is 2.39 bits per heavy atom. The summed E-state index contributed by atoms with van der Waals surface area (Å²) in [6.07, 6.45) is 1.54. The van der Waals surface area contributed by atoms with E-state index >= 15 is 0 Å². The van der Waals surface area contributed by atoms with Crippen molar-refractivity contribution in [3.8, 4) is 5.75 Å². The van der Waals surface area contributed by atoms with Crippen molar-refractivity contribution in [1.29, 1.82) is 5.41 Å². The van der Waals surface area contributed by atoms with E-state index in [0.29, 0.717) is 6.54 Å². The SMILES string of the molecule is N=C1C(N)CN(Nc2ncccc2O)N1CCO. The lowest BCUT2D eigenvalue weighted by molar-refractivity contribution is 0.0836. The number of pyridine rings is 1. The number of β-amino-alcohol motifs (C(OH)–C–C–N with tert-alkyl or cyclic N) is 1. The normalized spacial score (nSPS) is 20.4. The smallest absolute Gasteiger partial charge is 0.184 e. The number of hydrogen-bond acceptors (Lipinski definition) is 7. The molecule has 6 N–H and O–H groups in total. The zero-order valence-electron chi connectivity index (χ0n) is 9.74. The number of aliphatic hydroxyl groups excluding tert-OH is 1. The molecular weight excluding hydrogens is 236 g/mol. The summed E-state index contributed by atoms with van der Waals surface area (Å²) in [6.45, 7) is 0.531. The number of hydrogen-bond donors (Lipinski definition) is 5. The monoisotopic (exact) mass is 252 g/mol. The van der Waals surface area contributed by atoms with Crippen LogP contribution in [0.1, 0.15) is 0 Å². The van der Waals surface area contributed by atoms with Crippen LogP contribution in [0.2, 0.25) is 0 Å². The fraction of sp³-hybridized carbons (Fsp3) is 0.400. The lowest BCUT2D eigenvalue weighted by Crippen LogP contribution is -2.44. The number of nitrogens with zero attached hydrogens (tertiary/aromatic N) is 3. The first kappa shape index (κ1) is 12.6. The summed E-state index contributed by atoms with van der Waals surface area (Å²) < 4.78 is 0. The van der Waals surface area contributed by atoms with E-state index in [1.165, 1.54) is 11.1 Å². The summed E-state index contributed by atoms with van der Waals surface area (Å²) in [7, 11) is 0. The van der Waals surface area contributed by atoms with Gasteiger partial charge in [0.1, 0.15) is 5.84 Å². The molecule has 1 fully saturated rings. The zero-order valence-corrected chi connectivity index (χ0v) is 9.74. The van der Waals surface area contributed by atoms with E-state index in [2.05, 4.69) is 10.4 Å². The number of aromatic hydroxyl groups is 1. The van der Waals surface area contributed by atoms with Crippen molar-refractivity contribution in [1.82, 2.24) is 15.1 Å². The molecule has 0 saturated carbocycles. The maximum absolute atomic E-state index is 9.61. The minimum absolute atomic E-state index is 0.00782. The molecular formula is C10H16N6O2. The highest BCUT2D eigenvalue weighted by Gasteiger charge is 2.33. The first-order valence-electron chi connectivity index (χ1n) is 5.54. The van der Waals surface area contributed by atoms with Crippen LogP contribution < -0.4 is 11.2 Å². The Balaban J connectivity index is 2.13. The van der Waals surface area contributed by atoms with Gasteiger partial charge in [-0.1, -0.05) is 0 Å². The van der Waals surface area contributed by atoms with Crippen LogP contribution in [0.25, 0.3) is 0 Å². The van der Waals surface area contributed by atoms with Crippen LogP contribution in [0.15, 0.2) is 18.3 Å². The Labute approximate surface area is 104 Å². The number of hydrazine groups is 2. The Morgan fingerprint density at radius 1 is 1.61 bits per heavy atom. The van der Waals surface area contributed by atoms with Gasteiger partial charge in [-0.2, -0.15) is 0 Å². The predicted molar refractivity (Wildman–Crippen MR) is 65.7 cm³/mol. The largest absolute Gasteiger partial charge is 0.504 e. The van der Waals surface area contributed by atoms with Crippen molar-refractivity contribution in [3.63, 3.8) is 0 Å². The highest BCUT2D eigenvalue weighted by atomic mass is 16.3. The summed E-state index contributed by atoms with van der Waals surface area (Å²) in [5.41, 5.74) is 8.64. The third-order valence-corrected chi connectivity index (χ3v) is 2.62. The maximum atomic E-state index is 9.61. The van der Waals surface area contributed by atoms with E-state index in [9.17, 15) is 5.11 Å². The summed E-state index contributed by atoms with van der Waals surface area (Å²) in [5.74, 6) is 0.503. The second-order valence-electron chi connectivity index (χ2n) is 3.90. The van der Waals surface area contributed by atoms with Crippen molar-refractivity contribution in [2.24, 2.45) is 5.73 Å². The standard InChI is InChI=1S/C10H16N6O2/c11-7-6-16(15(4-5-17)9(7)12)14-10-8(18)2-1-3-13-10/h1-3,7,12,17-18H,4-6,11H2,(H,13,14). The van der Waals surface area contributed by atoms with E-state index < -0.39 is 6.04 Å². The lowest BCUT2D eigenvalue weighted by Gasteiger charge is -2.28. The second-order valence-corrected chi connectivity index (χ2v) is 3.90. The molecule has 1 saturated heterocycles. The van der Waals surface area contributed by atoms with Gasteiger partial charge in [0.15, 0.2) is 11.6 Å². The average Bonchev–Trinajstić information content (AvgIpc) is 2.61. The molecule has 98 valence electrons. The Morgan fingerprint density at radius 3 is 3.06 bits per heavy atom. The fourth-order valence-corrected chi connectivity index (χ4v) is 1.74. The highest BCUT2D eigenvalue weighted by Crippen LogP contribution is 2.21. The average molecular weight is 252 g/mol. The molecule has 0 bridgehead atoms. The highest BCUT2D eigenvalue weighted by molar-refractivity contribution is 5.86. The predicted octanol–water partition coefficient (Wildman–Crippen LogP) is -1.06. The van der Waals surface area contributed by atoms with Crippen molar-refractivity contribution >= 4 is 11.7 Å². The van der Waals surface area contributed by atoms with Gasteiger partial charge >= 0.3 is 0 Å². The fourth-order valence-electron chi connectivity index (χ4n) is 1.74. The first-order chi connectivity index (χ1) is 8.63. The van der Waals surface area contributed by atoms with Gasteiger partial charge in [-0.3, -0.25) is 15.8 Å². The van der Waals surface area contributed by atoms with Crippen LogP contribution in [0.5, 0.6) is 5.75 Å². The van der Waals surface area contributed by atoms with Crippen molar-refractivity contribution in [2.45, 2.75) is 6.04 Å². The molecule has 8 nitrogen and oxygen atoms in total. The topological polar surface area (TPSA) is 122 Å². The van der Waals surface area contributed by atoms with Gasteiger partial charge in [0.2, 0.25) is 0 Å². The number of anilines is 1. The van der Waals surface area contributed by atoms with E-state index in [1.807, 2.05) is 0 Å². The van der Waals surface area contributed by atoms with Crippen LogP contribution in [0, 0.1) is 5.41 Å². The number of nitrogens with one attached hydrogen (secondary N) is 2. The molecule has 2 rings (SSSR count). The van der Waals surface area contributed by atoms with Gasteiger partial charge in [-0.25, -0.2) is 4.98 Å². The molecule has 0 amide bonds. The van der Waals surface area contributed by atoms with E-state index in [0.717, 1.165) is 0 Å². The molecule has 1 aromatic rings. The number of rotatable bonds is 4. The van der Waals surface area contributed by atoms with Gasteiger partial charge in [0.05, 0.1) is 25.7 Å². The lowest BCUT2D eigenvalue weighted by atomic mass is 10.3. The molecule has 1 aliphatic rings. The summed E-state index contributed by atoms with van der Waals surface area (Å²) >= 11 is 0. The number of aromatic nitrogens is 1. The van der Waals surface area contributed by atoms with E-state index in [-0.39, 0.29) is 30.6 Å². The third-order valence-electron chi connectivity index (χ3n) is 2.62. The molecule has 0 radical (unpaired) electrons. The molecule has 18 heavy (non-hydrogen) atoms. The number of nitrogens with two attached hydrogens (primary N) is 1. The maximum Gasteiger partial charge on any atom is 0.184 e. The molecule has 2 heterocycles. The molecule has 1 atom stereocenters. The van der Waals surface area contributed by atoms with Crippen LogP contribution >= 0.6 is 0 Å². The van der Waals surface area contributed by atoms with Crippen molar-refractivity contribution in [2.75, 3.05) is 25.1 Å². The molecule has 1 aromatic heterocycles. The minimum Gasteiger partial charge on any atom is -0.504 e. The molecule has 8 heteroatoms. The number of aliphatic hydroxyl groups is 1. The van der Waals surface area contributed by atoms with Crippen LogP contribution in [-0.4, -0.2) is 56.9 Å². The van der Waals surface area contributed by atoms with Crippen LogP contribution in [0.4, 0.5) is 5.82 Å². The van der Waals surface area contributed by atoms with Crippen LogP contribution in [0.3, 0.4) is 0 Å². The van der Waals surface area contributed by atoms with Gasteiger partial charge in [-0.15, -0.1) is 5.12 Å². The molecule has 0 aliphatic carbocycles. The quantitative estimate of drug-likeness (QED) is 0.463. The second kappa shape index (κ2) is 5.17. The Bertz CT molecular complexity index is 440. The molecule has 0 spiro atoms. The van der Waals surface area contributed by atoms with Crippen molar-refractivity contribution < 1.29 is 10.2 Å². The third kappa shape index (κ3) is 2.35. The minimum atomic E-state index is -0.435. The number of amidine groups is 1. The summed E-state index contributed by atoms with van der Waals surface area (Å²) in [6, 6.07) is 2.69. The molecule has 0 aromatic carbocycles. The first-order valence-corrected chi connectivity index (χ1v) is 5.54. The zero-order chi connectivity index (χ0) is 13.1. The van der Waals surface area contributed by atoms with Crippen molar-refractivity contribution in [3.05, 3.63) is 18.3 Å². The summed E-state index contributed by atoms with van der Waals surface area (Å²) in [4.78, 5) is 3.98. The summed E-state index contributed by atoms with van der Waals surface area (Å²) in [5, 5.41) is 29.4. The van der Waals surface area contributed by atoms with Gasteiger partial charge in [0.25, 0.3) is 0 Å². The van der Waals surface area contributed by atoms with Crippen LogP contribution in [-0.2, 0) is 0 Å². The molecule has 1 unspecified atom stereocenters. The van der Waals surface area contributed by atoms with Gasteiger partial charge in [0, 0.05) is 6.20 Å². The van der Waals surface area contributed by atoms with E-state index in [4.69, 9.17) is 16.2 Å². The van der Waals surface area contributed by atoms with Gasteiger partial charge in [-0.05, 0) is 12.1 Å². The van der Waals surface area contributed by atoms with E-state index in [1.54, 1.807) is 17.4 Å². The Hall–Kier alpha value is -1.90. The molecule has 1 aliphatic heterocycles.